The number of hydrogen-bond donors (Lipinski definition) is 2. The summed E-state index contributed by atoms with van der Waals surface area (Å²) in [7, 11) is 0. The summed E-state index contributed by atoms with van der Waals surface area (Å²) in [5.74, 6) is 8.00. The van der Waals surface area contributed by atoms with Crippen LogP contribution in [0.1, 0.15) is 40.2 Å². The van der Waals surface area contributed by atoms with Crippen molar-refractivity contribution in [3.8, 4) is 0 Å². The van der Waals surface area contributed by atoms with Gasteiger partial charge < -0.3 is 0 Å². The van der Waals surface area contributed by atoms with Gasteiger partial charge in [0.15, 0.2) is 0 Å². The molecular formula is C18H30N2. The van der Waals surface area contributed by atoms with Gasteiger partial charge in [-0.1, -0.05) is 68.5 Å². The molecule has 0 saturated carbocycles. The lowest BCUT2D eigenvalue weighted by Crippen LogP contribution is -2.02. The standard InChI is InChI=1S/C16H20.C2H6.H4N2/c1-4-9-16(5-2)14(3)12-13-15-10-7-6-8-11-15;2*1-2/h4-12H,13H2,1-3H3;1-2H3;1-2H2/b9-4-,14-12+,16-5+;;. The molecule has 0 aliphatic rings. The van der Waals surface area contributed by atoms with E-state index in [0.29, 0.717) is 0 Å². The summed E-state index contributed by atoms with van der Waals surface area (Å²) in [6.07, 6.45) is 9.66. The molecule has 1 aromatic carbocycles. The third-order valence-corrected chi connectivity index (χ3v) is 2.60. The molecule has 112 valence electrons. The maximum absolute atomic E-state index is 4.00. The monoisotopic (exact) mass is 274 g/mol. The summed E-state index contributed by atoms with van der Waals surface area (Å²) >= 11 is 0. The molecule has 0 aromatic heterocycles. The van der Waals surface area contributed by atoms with Crippen LogP contribution in [0.25, 0.3) is 0 Å². The van der Waals surface area contributed by atoms with Gasteiger partial charge in [0.2, 0.25) is 0 Å². The molecule has 0 unspecified atom stereocenters. The fourth-order valence-corrected chi connectivity index (χ4v) is 1.64. The SMILES string of the molecule is CC.C\C=C/C(=C\C)C(/C)=C/Cc1ccccc1.NN. The van der Waals surface area contributed by atoms with E-state index in [9.17, 15) is 0 Å². The highest BCUT2D eigenvalue weighted by atomic mass is 15.0. The highest BCUT2D eigenvalue weighted by Crippen LogP contribution is 2.12. The summed E-state index contributed by atoms with van der Waals surface area (Å²) in [4.78, 5) is 0. The predicted octanol–water partition coefficient (Wildman–Crippen LogP) is 4.54. The zero-order valence-corrected chi connectivity index (χ0v) is 13.6. The summed E-state index contributed by atoms with van der Waals surface area (Å²) in [6, 6.07) is 10.5. The lowest BCUT2D eigenvalue weighted by Gasteiger charge is -2.02. The van der Waals surface area contributed by atoms with Crippen LogP contribution in [-0.4, -0.2) is 0 Å². The second-order valence-electron chi connectivity index (χ2n) is 3.82. The Morgan fingerprint density at radius 3 is 2.05 bits per heavy atom. The number of allylic oxidation sites excluding steroid dienone is 6. The highest BCUT2D eigenvalue weighted by Gasteiger charge is 1.94. The van der Waals surface area contributed by atoms with Gasteiger partial charge >= 0.3 is 0 Å². The molecule has 2 heteroatoms. The van der Waals surface area contributed by atoms with Crippen LogP contribution in [0.15, 0.2) is 65.8 Å². The average Bonchev–Trinajstić information content (AvgIpc) is 2.55. The molecule has 0 aliphatic carbocycles. The molecular weight excluding hydrogens is 244 g/mol. The van der Waals surface area contributed by atoms with E-state index in [2.05, 4.69) is 80.2 Å². The van der Waals surface area contributed by atoms with Crippen LogP contribution in [0, 0.1) is 0 Å². The number of rotatable bonds is 4. The Labute approximate surface area is 124 Å². The molecule has 2 nitrogen and oxygen atoms in total. The van der Waals surface area contributed by atoms with Crippen molar-refractivity contribution >= 4 is 0 Å². The van der Waals surface area contributed by atoms with E-state index in [1.165, 1.54) is 16.7 Å². The fraction of sp³-hybridized carbons (Fsp3) is 0.333. The molecule has 20 heavy (non-hydrogen) atoms. The quantitative estimate of drug-likeness (QED) is 0.481. The Morgan fingerprint density at radius 2 is 1.60 bits per heavy atom. The van der Waals surface area contributed by atoms with Crippen molar-refractivity contribution in [1.29, 1.82) is 0 Å². The maximum atomic E-state index is 4.00. The topological polar surface area (TPSA) is 52.0 Å². The summed E-state index contributed by atoms with van der Waals surface area (Å²) < 4.78 is 0. The smallest absolute Gasteiger partial charge is 0.00915 e. The minimum absolute atomic E-state index is 1.00. The molecule has 0 fully saturated rings. The van der Waals surface area contributed by atoms with Gasteiger partial charge in [-0.15, -0.1) is 0 Å². The molecule has 0 heterocycles. The summed E-state index contributed by atoms with van der Waals surface area (Å²) in [5, 5.41) is 0. The minimum Gasteiger partial charge on any atom is -0.274 e. The zero-order chi connectivity index (χ0) is 15.8. The first-order chi connectivity index (χ1) is 9.77. The average molecular weight is 274 g/mol. The van der Waals surface area contributed by atoms with Gasteiger partial charge in [-0.25, -0.2) is 0 Å². The van der Waals surface area contributed by atoms with Gasteiger partial charge in [-0.05, 0) is 43.9 Å². The van der Waals surface area contributed by atoms with E-state index in [1.54, 1.807) is 0 Å². The van der Waals surface area contributed by atoms with Crippen molar-refractivity contribution in [2.45, 2.75) is 41.0 Å². The molecule has 4 N–H and O–H groups in total. The van der Waals surface area contributed by atoms with E-state index in [1.807, 2.05) is 20.8 Å². The van der Waals surface area contributed by atoms with Crippen molar-refractivity contribution in [1.82, 2.24) is 0 Å². The Bertz CT molecular complexity index is 401. The van der Waals surface area contributed by atoms with Gasteiger partial charge in [0.1, 0.15) is 0 Å². The molecule has 0 radical (unpaired) electrons. The van der Waals surface area contributed by atoms with Crippen molar-refractivity contribution in [2.75, 3.05) is 0 Å². The predicted molar refractivity (Wildman–Crippen MR) is 92.2 cm³/mol. The molecule has 0 aliphatic heterocycles. The first-order valence-corrected chi connectivity index (χ1v) is 7.11. The van der Waals surface area contributed by atoms with Crippen LogP contribution in [0.2, 0.25) is 0 Å². The normalized spacial score (nSPS) is 11.3. The van der Waals surface area contributed by atoms with Crippen molar-refractivity contribution in [2.24, 2.45) is 11.7 Å². The summed E-state index contributed by atoms with van der Waals surface area (Å²) in [5.41, 5.74) is 4.00. The minimum atomic E-state index is 1.00. The van der Waals surface area contributed by atoms with Gasteiger partial charge in [0.25, 0.3) is 0 Å². The third-order valence-electron chi connectivity index (χ3n) is 2.60. The van der Waals surface area contributed by atoms with E-state index >= 15 is 0 Å². The highest BCUT2D eigenvalue weighted by molar-refractivity contribution is 5.38. The molecule has 0 atom stereocenters. The van der Waals surface area contributed by atoms with E-state index in [4.69, 9.17) is 0 Å². The van der Waals surface area contributed by atoms with Gasteiger partial charge in [-0.2, -0.15) is 0 Å². The van der Waals surface area contributed by atoms with E-state index in [-0.39, 0.29) is 0 Å². The maximum Gasteiger partial charge on any atom is -0.00915 e. The number of hydrogen-bond acceptors (Lipinski definition) is 2. The van der Waals surface area contributed by atoms with Crippen LogP contribution in [-0.2, 0) is 6.42 Å². The van der Waals surface area contributed by atoms with Crippen molar-refractivity contribution in [3.05, 3.63) is 71.3 Å². The molecule has 0 bridgehead atoms. The van der Waals surface area contributed by atoms with Gasteiger partial charge in [-0.3, -0.25) is 11.7 Å². The molecule has 0 amide bonds. The Hall–Kier alpha value is -1.64. The second-order valence-corrected chi connectivity index (χ2v) is 3.82. The van der Waals surface area contributed by atoms with E-state index in [0.717, 1.165) is 6.42 Å². The Morgan fingerprint density at radius 1 is 1.05 bits per heavy atom. The van der Waals surface area contributed by atoms with Crippen LogP contribution in [0.3, 0.4) is 0 Å². The summed E-state index contributed by atoms with van der Waals surface area (Å²) in [6.45, 7) is 10.3. The van der Waals surface area contributed by atoms with Crippen LogP contribution in [0.5, 0.6) is 0 Å². The lowest BCUT2D eigenvalue weighted by molar-refractivity contribution is 1.22. The second kappa shape index (κ2) is 15.4. The molecule has 0 saturated heterocycles. The fourth-order valence-electron chi connectivity index (χ4n) is 1.64. The van der Waals surface area contributed by atoms with Crippen LogP contribution in [0.4, 0.5) is 0 Å². The largest absolute Gasteiger partial charge is 0.274 e. The lowest BCUT2D eigenvalue weighted by atomic mass is 10.0. The van der Waals surface area contributed by atoms with Crippen molar-refractivity contribution in [3.63, 3.8) is 0 Å². The zero-order valence-electron chi connectivity index (χ0n) is 13.6. The van der Waals surface area contributed by atoms with Crippen molar-refractivity contribution < 1.29 is 0 Å². The molecule has 1 aromatic rings. The Kier molecular flexibility index (Phi) is 15.9. The molecule has 1 rings (SSSR count). The van der Waals surface area contributed by atoms with Crippen LogP contribution < -0.4 is 11.7 Å². The van der Waals surface area contributed by atoms with Crippen LogP contribution >= 0.6 is 0 Å². The third kappa shape index (κ3) is 9.31. The van der Waals surface area contributed by atoms with Gasteiger partial charge in [0.05, 0.1) is 0 Å². The first-order valence-electron chi connectivity index (χ1n) is 7.11. The van der Waals surface area contributed by atoms with E-state index < -0.39 is 0 Å². The number of nitrogens with two attached hydrogens (primary N) is 2. The number of hydrazine groups is 1. The van der Waals surface area contributed by atoms with Gasteiger partial charge in [0, 0.05) is 0 Å². The first kappa shape index (κ1) is 20.7. The Balaban J connectivity index is 0. The number of benzene rings is 1. The molecule has 0 spiro atoms.